The van der Waals surface area contributed by atoms with Crippen LogP contribution in [-0.4, -0.2) is 31.8 Å². The summed E-state index contributed by atoms with van der Waals surface area (Å²) in [5.74, 6) is 0.398. The van der Waals surface area contributed by atoms with Crippen molar-refractivity contribution >= 4 is 15.6 Å². The summed E-state index contributed by atoms with van der Waals surface area (Å²) in [5.41, 5.74) is 0.506. The lowest BCUT2D eigenvalue weighted by Crippen LogP contribution is -2.22. The number of ether oxygens (including phenoxy) is 1. The fourth-order valence-electron chi connectivity index (χ4n) is 1.52. The molecular formula is C14H20O4S. The fourth-order valence-corrected chi connectivity index (χ4v) is 2.30. The van der Waals surface area contributed by atoms with Crippen LogP contribution in [0.2, 0.25) is 0 Å². The first-order valence-electron chi connectivity index (χ1n) is 6.35. The maximum Gasteiger partial charge on any atom is 0.166 e. The Balaban J connectivity index is 2.72. The van der Waals surface area contributed by atoms with Gasteiger partial charge in [0.05, 0.1) is 16.6 Å². The van der Waals surface area contributed by atoms with E-state index >= 15 is 0 Å². The highest BCUT2D eigenvalue weighted by molar-refractivity contribution is 7.91. The molecule has 0 unspecified atom stereocenters. The van der Waals surface area contributed by atoms with Crippen LogP contribution in [0.25, 0.3) is 0 Å². The van der Waals surface area contributed by atoms with Crippen LogP contribution in [-0.2, 0) is 9.84 Å². The number of benzene rings is 1. The number of hydrogen-bond donors (Lipinski definition) is 0. The van der Waals surface area contributed by atoms with Crippen molar-refractivity contribution in [1.29, 1.82) is 0 Å². The molecule has 0 saturated heterocycles. The maximum atomic E-state index is 11.7. The normalized spacial score (nSPS) is 11.6. The molecule has 0 aromatic heterocycles. The van der Waals surface area contributed by atoms with Crippen molar-refractivity contribution in [2.75, 3.05) is 12.4 Å². The summed E-state index contributed by atoms with van der Waals surface area (Å²) >= 11 is 0. The molecule has 19 heavy (non-hydrogen) atoms. The van der Waals surface area contributed by atoms with Gasteiger partial charge in [-0.25, -0.2) is 8.42 Å². The highest BCUT2D eigenvalue weighted by Gasteiger charge is 2.17. The molecule has 4 nitrogen and oxygen atoms in total. The summed E-state index contributed by atoms with van der Waals surface area (Å²) in [4.78, 5) is 11.7. The number of Topliss-reactive ketones (excluding diaryl/α,β-unsaturated/α-hetero) is 1. The van der Waals surface area contributed by atoms with Gasteiger partial charge in [0, 0.05) is 6.42 Å². The highest BCUT2D eigenvalue weighted by Crippen LogP contribution is 2.19. The Hall–Kier alpha value is -1.36. The van der Waals surface area contributed by atoms with Crippen molar-refractivity contribution in [1.82, 2.24) is 0 Å². The third kappa shape index (κ3) is 4.35. The fraction of sp³-hybridized carbons (Fsp3) is 0.500. The lowest BCUT2D eigenvalue weighted by molar-refractivity contribution is 0.0984. The van der Waals surface area contributed by atoms with Crippen molar-refractivity contribution in [3.63, 3.8) is 0 Å². The molecule has 0 bridgehead atoms. The second-order valence-electron chi connectivity index (χ2n) is 4.54. The van der Waals surface area contributed by atoms with Crippen molar-refractivity contribution < 1.29 is 17.9 Å². The van der Waals surface area contributed by atoms with Gasteiger partial charge in [-0.3, -0.25) is 4.79 Å². The average Bonchev–Trinajstić information content (AvgIpc) is 2.38. The minimum Gasteiger partial charge on any atom is -0.492 e. The van der Waals surface area contributed by atoms with Gasteiger partial charge in [0.15, 0.2) is 15.6 Å². The summed E-state index contributed by atoms with van der Waals surface area (Å²) in [6, 6.07) is 6.91. The van der Waals surface area contributed by atoms with Gasteiger partial charge in [0.1, 0.15) is 12.4 Å². The Kier molecular flexibility index (Phi) is 5.54. The number of sulfone groups is 1. The first-order chi connectivity index (χ1) is 8.88. The predicted octanol–water partition coefficient (Wildman–Crippen LogP) is 2.48. The molecule has 106 valence electrons. The summed E-state index contributed by atoms with van der Waals surface area (Å²) in [6.45, 7) is 5.13. The molecule has 1 aromatic rings. The quantitative estimate of drug-likeness (QED) is 0.722. The molecule has 0 atom stereocenters. The van der Waals surface area contributed by atoms with Crippen LogP contribution in [0.4, 0.5) is 0 Å². The van der Waals surface area contributed by atoms with E-state index in [9.17, 15) is 13.2 Å². The van der Waals surface area contributed by atoms with Gasteiger partial charge in [-0.2, -0.15) is 0 Å². The van der Waals surface area contributed by atoms with E-state index in [2.05, 4.69) is 0 Å². The summed E-state index contributed by atoms with van der Waals surface area (Å²) in [7, 11) is -3.12. The van der Waals surface area contributed by atoms with E-state index in [1.54, 1.807) is 45.0 Å². The average molecular weight is 284 g/mol. The van der Waals surface area contributed by atoms with Gasteiger partial charge >= 0.3 is 0 Å². The van der Waals surface area contributed by atoms with Crippen LogP contribution in [0, 0.1) is 0 Å². The van der Waals surface area contributed by atoms with Crippen LogP contribution in [0.5, 0.6) is 5.75 Å². The number of para-hydroxylation sites is 1. The van der Waals surface area contributed by atoms with Crippen molar-refractivity contribution in [2.45, 2.75) is 32.4 Å². The van der Waals surface area contributed by atoms with Crippen molar-refractivity contribution in [3.05, 3.63) is 29.8 Å². The third-order valence-electron chi connectivity index (χ3n) is 2.85. The Morgan fingerprint density at radius 1 is 1.26 bits per heavy atom. The number of hydrogen-bond acceptors (Lipinski definition) is 4. The van der Waals surface area contributed by atoms with Crippen LogP contribution in [0.3, 0.4) is 0 Å². The van der Waals surface area contributed by atoms with Crippen LogP contribution >= 0.6 is 0 Å². The molecule has 0 aliphatic carbocycles. The number of ketones is 1. The smallest absolute Gasteiger partial charge is 0.166 e. The van der Waals surface area contributed by atoms with Gasteiger partial charge in [-0.05, 0) is 26.0 Å². The molecule has 1 rings (SSSR count). The maximum absolute atomic E-state index is 11.7. The Morgan fingerprint density at radius 3 is 2.47 bits per heavy atom. The van der Waals surface area contributed by atoms with Gasteiger partial charge in [-0.15, -0.1) is 0 Å². The topological polar surface area (TPSA) is 60.4 Å². The van der Waals surface area contributed by atoms with E-state index in [0.29, 0.717) is 17.7 Å². The molecule has 1 aromatic carbocycles. The summed E-state index contributed by atoms with van der Waals surface area (Å²) in [5, 5.41) is -0.413. The summed E-state index contributed by atoms with van der Waals surface area (Å²) < 4.78 is 28.7. The van der Waals surface area contributed by atoms with Crippen molar-refractivity contribution in [2.24, 2.45) is 0 Å². The molecule has 0 aliphatic rings. The van der Waals surface area contributed by atoms with Gasteiger partial charge < -0.3 is 4.74 Å². The van der Waals surface area contributed by atoms with E-state index in [4.69, 9.17) is 4.74 Å². The van der Waals surface area contributed by atoms with E-state index in [1.165, 1.54) is 0 Å². The Labute approximate surface area is 114 Å². The summed E-state index contributed by atoms with van der Waals surface area (Å²) in [6.07, 6.45) is 0.394. The van der Waals surface area contributed by atoms with Crippen LogP contribution in [0.1, 0.15) is 37.6 Å². The third-order valence-corrected chi connectivity index (χ3v) is 5.02. The molecule has 0 saturated carbocycles. The molecule has 0 radical (unpaired) electrons. The van der Waals surface area contributed by atoms with E-state index in [0.717, 1.165) is 0 Å². The molecule has 0 heterocycles. The predicted molar refractivity (Wildman–Crippen MR) is 75.5 cm³/mol. The first kappa shape index (κ1) is 15.7. The molecule has 5 heteroatoms. The van der Waals surface area contributed by atoms with Crippen molar-refractivity contribution in [3.8, 4) is 5.75 Å². The number of rotatable bonds is 7. The molecule has 0 aliphatic heterocycles. The molecule has 0 fully saturated rings. The van der Waals surface area contributed by atoms with E-state index < -0.39 is 15.1 Å². The minimum absolute atomic E-state index is 0.0117. The standard InChI is InChI=1S/C14H20O4S/c1-4-13(15)12-7-5-6-8-14(12)18-9-10-19(16,17)11(2)3/h5-8,11H,4,9-10H2,1-3H3. The second-order valence-corrected chi connectivity index (χ2v) is 7.21. The highest BCUT2D eigenvalue weighted by atomic mass is 32.2. The largest absolute Gasteiger partial charge is 0.492 e. The Morgan fingerprint density at radius 2 is 1.89 bits per heavy atom. The number of carbonyl (C=O) groups excluding carboxylic acids is 1. The van der Waals surface area contributed by atoms with Gasteiger partial charge in [-0.1, -0.05) is 19.1 Å². The lowest BCUT2D eigenvalue weighted by Gasteiger charge is -2.11. The Bertz CT molecular complexity index is 532. The zero-order valence-electron chi connectivity index (χ0n) is 11.5. The molecule has 0 spiro atoms. The second kappa shape index (κ2) is 6.70. The van der Waals surface area contributed by atoms with Crippen LogP contribution in [0.15, 0.2) is 24.3 Å². The monoisotopic (exact) mass is 284 g/mol. The minimum atomic E-state index is -3.12. The lowest BCUT2D eigenvalue weighted by atomic mass is 10.1. The SMILES string of the molecule is CCC(=O)c1ccccc1OCCS(=O)(=O)C(C)C. The zero-order chi connectivity index (χ0) is 14.5. The van der Waals surface area contributed by atoms with E-state index in [-0.39, 0.29) is 18.1 Å². The van der Waals surface area contributed by atoms with Crippen LogP contribution < -0.4 is 4.74 Å². The first-order valence-corrected chi connectivity index (χ1v) is 8.06. The van der Waals surface area contributed by atoms with Gasteiger partial charge in [0.25, 0.3) is 0 Å². The van der Waals surface area contributed by atoms with Gasteiger partial charge in [0.2, 0.25) is 0 Å². The zero-order valence-corrected chi connectivity index (χ0v) is 12.4. The number of carbonyl (C=O) groups is 1. The molecular weight excluding hydrogens is 264 g/mol. The van der Waals surface area contributed by atoms with E-state index in [1.807, 2.05) is 0 Å². The molecule has 0 N–H and O–H groups in total. The molecule has 0 amide bonds.